The molecular formula is C15H21FN2O. The lowest BCUT2D eigenvalue weighted by atomic mass is 10.0. The van der Waals surface area contributed by atoms with Crippen molar-refractivity contribution >= 4 is 5.91 Å². The molecule has 0 saturated heterocycles. The molecule has 1 aromatic carbocycles. The maximum absolute atomic E-state index is 12.9. The second kappa shape index (κ2) is 6.15. The quantitative estimate of drug-likeness (QED) is 0.855. The highest BCUT2D eigenvalue weighted by Gasteiger charge is 2.31. The molecule has 19 heavy (non-hydrogen) atoms. The molecule has 1 aliphatic rings. The summed E-state index contributed by atoms with van der Waals surface area (Å²) in [5, 5.41) is 3.43. The van der Waals surface area contributed by atoms with E-state index in [-0.39, 0.29) is 17.8 Å². The Morgan fingerprint density at radius 1 is 1.37 bits per heavy atom. The number of carbonyl (C=O) groups excluding carboxylic acids is 1. The Hall–Kier alpha value is -1.42. The number of carbonyl (C=O) groups is 1. The van der Waals surface area contributed by atoms with Crippen LogP contribution in [0, 0.1) is 11.7 Å². The summed E-state index contributed by atoms with van der Waals surface area (Å²) in [6.45, 7) is 0.662. The third-order valence-corrected chi connectivity index (χ3v) is 3.52. The number of hydrogen-bond acceptors (Lipinski definition) is 2. The fraction of sp³-hybridized carbons (Fsp3) is 0.533. The smallest absolute Gasteiger partial charge is 0.223 e. The molecule has 1 saturated carbocycles. The summed E-state index contributed by atoms with van der Waals surface area (Å²) in [7, 11) is 3.53. The standard InChI is InChI=1S/C15H21FN2O/c1-18(2)14(19)9-10-17-15(11-3-4-11)12-5-7-13(16)8-6-12/h5-8,11,15,17H,3-4,9-10H2,1-2H3. The zero-order chi connectivity index (χ0) is 13.8. The van der Waals surface area contributed by atoms with Crippen molar-refractivity contribution in [1.29, 1.82) is 0 Å². The van der Waals surface area contributed by atoms with Crippen LogP contribution in [0.5, 0.6) is 0 Å². The van der Waals surface area contributed by atoms with E-state index in [2.05, 4.69) is 5.32 Å². The third-order valence-electron chi connectivity index (χ3n) is 3.52. The summed E-state index contributed by atoms with van der Waals surface area (Å²) in [4.78, 5) is 13.1. The molecule has 2 rings (SSSR count). The van der Waals surface area contributed by atoms with Gasteiger partial charge in [-0.1, -0.05) is 12.1 Å². The average Bonchev–Trinajstić information content (AvgIpc) is 3.20. The molecule has 1 atom stereocenters. The maximum Gasteiger partial charge on any atom is 0.223 e. The fourth-order valence-electron chi connectivity index (χ4n) is 2.21. The highest BCUT2D eigenvalue weighted by molar-refractivity contribution is 5.75. The molecule has 1 fully saturated rings. The second-order valence-electron chi connectivity index (χ2n) is 5.36. The molecule has 1 unspecified atom stereocenters. The van der Waals surface area contributed by atoms with Gasteiger partial charge in [0.2, 0.25) is 5.91 Å². The Bertz CT molecular complexity index is 426. The number of halogens is 1. The van der Waals surface area contributed by atoms with Crippen molar-refractivity contribution in [2.75, 3.05) is 20.6 Å². The first kappa shape index (κ1) is 14.0. The van der Waals surface area contributed by atoms with Gasteiger partial charge in [0.05, 0.1) is 0 Å². The summed E-state index contributed by atoms with van der Waals surface area (Å²) >= 11 is 0. The van der Waals surface area contributed by atoms with Crippen LogP contribution in [-0.4, -0.2) is 31.4 Å². The van der Waals surface area contributed by atoms with E-state index in [9.17, 15) is 9.18 Å². The van der Waals surface area contributed by atoms with Gasteiger partial charge in [0.15, 0.2) is 0 Å². The molecule has 0 radical (unpaired) electrons. The van der Waals surface area contributed by atoms with Crippen LogP contribution in [0.3, 0.4) is 0 Å². The highest BCUT2D eigenvalue weighted by Crippen LogP contribution is 2.40. The van der Waals surface area contributed by atoms with Crippen molar-refractivity contribution in [3.05, 3.63) is 35.6 Å². The minimum absolute atomic E-state index is 0.126. The highest BCUT2D eigenvalue weighted by atomic mass is 19.1. The van der Waals surface area contributed by atoms with Crippen molar-refractivity contribution in [1.82, 2.24) is 10.2 Å². The average molecular weight is 264 g/mol. The Kier molecular flexibility index (Phi) is 4.53. The molecule has 1 N–H and O–H groups in total. The van der Waals surface area contributed by atoms with Gasteiger partial charge in [-0.3, -0.25) is 4.79 Å². The van der Waals surface area contributed by atoms with Crippen LogP contribution < -0.4 is 5.32 Å². The monoisotopic (exact) mass is 264 g/mol. The zero-order valence-corrected chi connectivity index (χ0v) is 11.5. The lowest BCUT2D eigenvalue weighted by Gasteiger charge is -2.19. The van der Waals surface area contributed by atoms with E-state index in [1.165, 1.54) is 25.0 Å². The first-order chi connectivity index (χ1) is 9.08. The molecule has 0 heterocycles. The summed E-state index contributed by atoms with van der Waals surface area (Å²) in [6.07, 6.45) is 2.91. The van der Waals surface area contributed by atoms with E-state index in [4.69, 9.17) is 0 Å². The van der Waals surface area contributed by atoms with Crippen LogP contribution in [0.15, 0.2) is 24.3 Å². The zero-order valence-electron chi connectivity index (χ0n) is 11.5. The molecule has 0 bridgehead atoms. The number of nitrogens with one attached hydrogen (secondary N) is 1. The fourth-order valence-corrected chi connectivity index (χ4v) is 2.21. The van der Waals surface area contributed by atoms with E-state index in [1.807, 2.05) is 12.1 Å². The van der Waals surface area contributed by atoms with Crippen molar-refractivity contribution in [3.8, 4) is 0 Å². The molecule has 104 valence electrons. The second-order valence-corrected chi connectivity index (χ2v) is 5.36. The van der Waals surface area contributed by atoms with Crippen molar-refractivity contribution in [2.24, 2.45) is 5.92 Å². The molecule has 1 amide bonds. The van der Waals surface area contributed by atoms with Crippen LogP contribution in [0.4, 0.5) is 4.39 Å². The van der Waals surface area contributed by atoms with Crippen molar-refractivity contribution in [2.45, 2.75) is 25.3 Å². The van der Waals surface area contributed by atoms with Gasteiger partial charge in [-0.25, -0.2) is 4.39 Å². The Morgan fingerprint density at radius 2 is 2.00 bits per heavy atom. The Labute approximate surface area is 113 Å². The lowest BCUT2D eigenvalue weighted by Crippen LogP contribution is -2.29. The summed E-state index contributed by atoms with van der Waals surface area (Å²) in [5.74, 6) is 0.544. The molecule has 0 aromatic heterocycles. The number of benzene rings is 1. The predicted octanol–water partition coefficient (Wildman–Crippen LogP) is 2.34. The SMILES string of the molecule is CN(C)C(=O)CCNC(c1ccc(F)cc1)C1CC1. The van der Waals surface area contributed by atoms with E-state index in [0.29, 0.717) is 18.9 Å². The summed E-state index contributed by atoms with van der Waals surface area (Å²) < 4.78 is 12.9. The molecule has 0 spiro atoms. The molecular weight excluding hydrogens is 243 g/mol. The number of nitrogens with zero attached hydrogens (tertiary/aromatic N) is 1. The minimum atomic E-state index is -0.207. The lowest BCUT2D eigenvalue weighted by molar-refractivity contribution is -0.128. The van der Waals surface area contributed by atoms with Gasteiger partial charge in [-0.15, -0.1) is 0 Å². The number of hydrogen-bond donors (Lipinski definition) is 1. The molecule has 0 aliphatic heterocycles. The van der Waals surface area contributed by atoms with Gasteiger partial charge in [-0.05, 0) is 36.5 Å². The number of amides is 1. The van der Waals surface area contributed by atoms with Crippen molar-refractivity contribution < 1.29 is 9.18 Å². The van der Waals surface area contributed by atoms with Crippen molar-refractivity contribution in [3.63, 3.8) is 0 Å². The van der Waals surface area contributed by atoms with E-state index < -0.39 is 0 Å². The predicted molar refractivity (Wildman–Crippen MR) is 73.2 cm³/mol. The molecule has 4 heteroatoms. The largest absolute Gasteiger partial charge is 0.349 e. The van der Waals surface area contributed by atoms with Gasteiger partial charge < -0.3 is 10.2 Å². The summed E-state index contributed by atoms with van der Waals surface area (Å²) in [5.41, 5.74) is 1.11. The van der Waals surface area contributed by atoms with Gasteiger partial charge >= 0.3 is 0 Å². The summed E-state index contributed by atoms with van der Waals surface area (Å²) in [6, 6.07) is 6.91. The van der Waals surface area contributed by atoms with Crippen LogP contribution in [0.2, 0.25) is 0 Å². The van der Waals surface area contributed by atoms with Gasteiger partial charge in [-0.2, -0.15) is 0 Å². The first-order valence-electron chi connectivity index (χ1n) is 6.77. The molecule has 1 aromatic rings. The van der Waals surface area contributed by atoms with E-state index >= 15 is 0 Å². The molecule has 1 aliphatic carbocycles. The Morgan fingerprint density at radius 3 is 2.53 bits per heavy atom. The van der Waals surface area contributed by atoms with Gasteiger partial charge in [0, 0.05) is 33.1 Å². The van der Waals surface area contributed by atoms with E-state index in [0.717, 1.165) is 5.56 Å². The minimum Gasteiger partial charge on any atom is -0.349 e. The van der Waals surface area contributed by atoms with Crippen LogP contribution in [0.1, 0.15) is 30.9 Å². The van der Waals surface area contributed by atoms with Crippen LogP contribution in [-0.2, 0) is 4.79 Å². The van der Waals surface area contributed by atoms with Crippen LogP contribution >= 0.6 is 0 Å². The van der Waals surface area contributed by atoms with Gasteiger partial charge in [0.25, 0.3) is 0 Å². The number of rotatable bonds is 6. The van der Waals surface area contributed by atoms with Crippen LogP contribution in [0.25, 0.3) is 0 Å². The van der Waals surface area contributed by atoms with Gasteiger partial charge in [0.1, 0.15) is 5.82 Å². The maximum atomic E-state index is 12.9. The molecule has 3 nitrogen and oxygen atoms in total. The topological polar surface area (TPSA) is 32.3 Å². The first-order valence-corrected chi connectivity index (χ1v) is 6.77. The Balaban J connectivity index is 1.90. The normalized spacial score (nSPS) is 16.2. The third kappa shape index (κ3) is 4.03. The van der Waals surface area contributed by atoms with E-state index in [1.54, 1.807) is 19.0 Å².